The molecule has 1 saturated carbocycles. The van der Waals surface area contributed by atoms with Gasteiger partial charge in [0.2, 0.25) is 0 Å². The maximum Gasteiger partial charge on any atom is 0.270 e. The van der Waals surface area contributed by atoms with E-state index in [0.29, 0.717) is 12.2 Å². The van der Waals surface area contributed by atoms with Crippen LogP contribution < -0.4 is 11.1 Å². The first-order valence-corrected chi connectivity index (χ1v) is 5.09. The smallest absolute Gasteiger partial charge is 0.270 e. The molecule has 5 heteroatoms. The van der Waals surface area contributed by atoms with Gasteiger partial charge in [0.05, 0.1) is 11.2 Å². The minimum Gasteiger partial charge on any atom is -0.344 e. The summed E-state index contributed by atoms with van der Waals surface area (Å²) in [4.78, 5) is 11.9. The summed E-state index contributed by atoms with van der Waals surface area (Å²) in [5.41, 5.74) is 6.90. The zero-order valence-electron chi connectivity index (χ0n) is 9.08. The zero-order chi connectivity index (χ0) is 11.1. The summed E-state index contributed by atoms with van der Waals surface area (Å²) in [7, 11) is 1.77. The maximum atomic E-state index is 11.9. The van der Waals surface area contributed by atoms with Crippen molar-refractivity contribution in [3.8, 4) is 0 Å². The highest BCUT2D eigenvalue weighted by atomic mass is 16.2. The Bertz CT molecular complexity index is 392. The molecule has 2 rings (SSSR count). The number of hydrogen-bond donors (Lipinski definition) is 2. The van der Waals surface area contributed by atoms with E-state index < -0.39 is 0 Å². The maximum absolute atomic E-state index is 11.9. The SMILES string of the molecule is Cc1cc(C(=O)NC2(CN)CC2)n(C)n1. The van der Waals surface area contributed by atoms with Crippen molar-refractivity contribution in [1.29, 1.82) is 0 Å². The molecule has 3 N–H and O–H groups in total. The molecule has 0 saturated heterocycles. The van der Waals surface area contributed by atoms with E-state index in [1.54, 1.807) is 17.8 Å². The molecular weight excluding hydrogens is 192 g/mol. The lowest BCUT2D eigenvalue weighted by molar-refractivity contribution is 0.0923. The summed E-state index contributed by atoms with van der Waals surface area (Å²) in [5.74, 6) is -0.0824. The molecule has 1 amide bonds. The fraction of sp³-hybridized carbons (Fsp3) is 0.600. The molecule has 0 aliphatic heterocycles. The largest absolute Gasteiger partial charge is 0.344 e. The lowest BCUT2D eigenvalue weighted by atomic mass is 10.2. The Morgan fingerprint density at radius 1 is 1.73 bits per heavy atom. The summed E-state index contributed by atoms with van der Waals surface area (Å²) in [5, 5.41) is 7.10. The fourth-order valence-electron chi connectivity index (χ4n) is 1.66. The Morgan fingerprint density at radius 2 is 2.40 bits per heavy atom. The Labute approximate surface area is 88.6 Å². The van der Waals surface area contributed by atoms with Gasteiger partial charge in [0.25, 0.3) is 5.91 Å². The van der Waals surface area contributed by atoms with Crippen LogP contribution in [0.5, 0.6) is 0 Å². The van der Waals surface area contributed by atoms with Gasteiger partial charge < -0.3 is 11.1 Å². The highest BCUT2D eigenvalue weighted by Gasteiger charge is 2.43. The van der Waals surface area contributed by atoms with Crippen molar-refractivity contribution in [2.24, 2.45) is 12.8 Å². The van der Waals surface area contributed by atoms with Crippen molar-refractivity contribution in [1.82, 2.24) is 15.1 Å². The van der Waals surface area contributed by atoms with E-state index in [2.05, 4.69) is 10.4 Å². The van der Waals surface area contributed by atoms with Gasteiger partial charge in [-0.25, -0.2) is 0 Å². The Kier molecular flexibility index (Phi) is 2.26. The number of aryl methyl sites for hydroxylation is 2. The van der Waals surface area contributed by atoms with E-state index in [4.69, 9.17) is 5.73 Å². The summed E-state index contributed by atoms with van der Waals surface area (Å²) < 4.78 is 1.59. The van der Waals surface area contributed by atoms with Crippen molar-refractivity contribution in [2.45, 2.75) is 25.3 Å². The molecule has 5 nitrogen and oxygen atoms in total. The lowest BCUT2D eigenvalue weighted by Gasteiger charge is -2.14. The summed E-state index contributed by atoms with van der Waals surface area (Å²) in [6.45, 7) is 2.38. The second-order valence-corrected chi connectivity index (χ2v) is 4.23. The minimum atomic E-state index is -0.144. The number of carbonyl (C=O) groups is 1. The van der Waals surface area contributed by atoms with Crippen LogP contribution in [0, 0.1) is 6.92 Å². The molecule has 1 heterocycles. The van der Waals surface area contributed by atoms with Crippen molar-refractivity contribution >= 4 is 5.91 Å². The number of nitrogens with one attached hydrogen (secondary N) is 1. The third kappa shape index (κ3) is 1.87. The van der Waals surface area contributed by atoms with Crippen LogP contribution in [0.15, 0.2) is 6.07 Å². The van der Waals surface area contributed by atoms with Crippen molar-refractivity contribution in [2.75, 3.05) is 6.54 Å². The fourth-order valence-corrected chi connectivity index (χ4v) is 1.66. The topological polar surface area (TPSA) is 72.9 Å². The number of hydrogen-bond acceptors (Lipinski definition) is 3. The van der Waals surface area contributed by atoms with Crippen LogP contribution in [-0.4, -0.2) is 27.8 Å². The van der Waals surface area contributed by atoms with Gasteiger partial charge in [-0.2, -0.15) is 5.10 Å². The standard InChI is InChI=1S/C10H16N4O/c1-7-5-8(14(2)13-7)9(15)12-10(6-11)3-4-10/h5H,3-4,6,11H2,1-2H3,(H,12,15). The van der Waals surface area contributed by atoms with Crippen molar-refractivity contribution < 1.29 is 4.79 Å². The molecule has 1 aromatic heterocycles. The summed E-state index contributed by atoms with van der Waals surface area (Å²) in [6.07, 6.45) is 1.96. The molecule has 0 spiro atoms. The quantitative estimate of drug-likeness (QED) is 0.731. The van der Waals surface area contributed by atoms with Gasteiger partial charge in [0, 0.05) is 13.6 Å². The predicted octanol–water partition coefficient (Wildman–Crippen LogP) is -0.0504. The second-order valence-electron chi connectivity index (χ2n) is 4.23. The second kappa shape index (κ2) is 3.34. The van der Waals surface area contributed by atoms with Crippen LogP contribution in [0.1, 0.15) is 29.0 Å². The molecule has 82 valence electrons. The first kappa shape index (κ1) is 10.2. The predicted molar refractivity (Wildman–Crippen MR) is 56.4 cm³/mol. The van der Waals surface area contributed by atoms with Gasteiger partial charge >= 0.3 is 0 Å². The van der Waals surface area contributed by atoms with Crippen molar-refractivity contribution in [3.63, 3.8) is 0 Å². The molecular formula is C10H16N4O. The number of nitrogens with two attached hydrogens (primary N) is 1. The third-order valence-corrected chi connectivity index (χ3v) is 2.86. The first-order valence-electron chi connectivity index (χ1n) is 5.09. The third-order valence-electron chi connectivity index (χ3n) is 2.86. The molecule has 1 aliphatic rings. The van der Waals surface area contributed by atoms with Crippen LogP contribution in [0.25, 0.3) is 0 Å². The minimum absolute atomic E-state index is 0.0824. The van der Waals surface area contributed by atoms with E-state index >= 15 is 0 Å². The molecule has 1 aromatic rings. The van der Waals surface area contributed by atoms with E-state index in [0.717, 1.165) is 18.5 Å². The summed E-state index contributed by atoms with van der Waals surface area (Å²) >= 11 is 0. The highest BCUT2D eigenvalue weighted by molar-refractivity contribution is 5.93. The van der Waals surface area contributed by atoms with Crippen LogP contribution >= 0.6 is 0 Å². The number of amides is 1. The van der Waals surface area contributed by atoms with Gasteiger partial charge in [-0.3, -0.25) is 9.48 Å². The average molecular weight is 208 g/mol. The zero-order valence-corrected chi connectivity index (χ0v) is 9.08. The van der Waals surface area contributed by atoms with E-state index in [1.807, 2.05) is 6.92 Å². The highest BCUT2D eigenvalue weighted by Crippen LogP contribution is 2.34. The van der Waals surface area contributed by atoms with Crippen LogP contribution in [0.3, 0.4) is 0 Å². The number of rotatable bonds is 3. The van der Waals surface area contributed by atoms with Gasteiger partial charge in [-0.1, -0.05) is 0 Å². The van der Waals surface area contributed by atoms with Gasteiger partial charge in [-0.15, -0.1) is 0 Å². The molecule has 0 aromatic carbocycles. The molecule has 0 atom stereocenters. The van der Waals surface area contributed by atoms with Crippen LogP contribution in [0.2, 0.25) is 0 Å². The van der Waals surface area contributed by atoms with Crippen molar-refractivity contribution in [3.05, 3.63) is 17.5 Å². The first-order chi connectivity index (χ1) is 7.06. The van der Waals surface area contributed by atoms with Gasteiger partial charge in [0.15, 0.2) is 0 Å². The van der Waals surface area contributed by atoms with Crippen LogP contribution in [0.4, 0.5) is 0 Å². The molecule has 0 radical (unpaired) electrons. The lowest BCUT2D eigenvalue weighted by Crippen LogP contribution is -2.42. The molecule has 15 heavy (non-hydrogen) atoms. The Balaban J connectivity index is 2.11. The number of nitrogens with zero attached hydrogens (tertiary/aromatic N) is 2. The molecule has 1 aliphatic carbocycles. The average Bonchev–Trinajstić information content (AvgIpc) is 2.86. The van der Waals surface area contributed by atoms with E-state index in [1.165, 1.54) is 0 Å². The van der Waals surface area contributed by atoms with Gasteiger partial charge in [-0.05, 0) is 25.8 Å². The molecule has 0 unspecified atom stereocenters. The molecule has 1 fully saturated rings. The normalized spacial score (nSPS) is 17.5. The molecule has 0 bridgehead atoms. The number of carbonyl (C=O) groups excluding carboxylic acids is 1. The monoisotopic (exact) mass is 208 g/mol. The van der Waals surface area contributed by atoms with Gasteiger partial charge in [0.1, 0.15) is 5.69 Å². The summed E-state index contributed by atoms with van der Waals surface area (Å²) in [6, 6.07) is 1.78. The van der Waals surface area contributed by atoms with Crippen LogP contribution in [-0.2, 0) is 7.05 Å². The Hall–Kier alpha value is -1.36. The van der Waals surface area contributed by atoms with E-state index in [9.17, 15) is 4.79 Å². The van der Waals surface area contributed by atoms with E-state index in [-0.39, 0.29) is 11.4 Å². The number of aromatic nitrogens is 2. The Morgan fingerprint density at radius 3 is 2.80 bits per heavy atom.